The second kappa shape index (κ2) is 8.18. The van der Waals surface area contributed by atoms with E-state index in [0.29, 0.717) is 0 Å². The fraction of sp³-hybridized carbons (Fsp3) is 0.0857. The first kappa shape index (κ1) is 21.6. The lowest BCUT2D eigenvalue weighted by atomic mass is 9.70. The van der Waals surface area contributed by atoms with E-state index in [2.05, 4.69) is 144 Å². The summed E-state index contributed by atoms with van der Waals surface area (Å²) in [6.45, 7) is 2.25. The first-order valence-electron chi connectivity index (χ1n) is 12.6. The molecule has 0 saturated heterocycles. The normalized spacial score (nSPS) is 14.3. The van der Waals surface area contributed by atoms with E-state index in [0.717, 1.165) is 10.9 Å². The molecular weight excluding hydrogens is 500 g/mol. The predicted molar refractivity (Wildman–Crippen MR) is 155 cm³/mol. The fourth-order valence-corrected chi connectivity index (χ4v) is 6.71. The number of allylic oxidation sites excluding steroid dienone is 1. The summed E-state index contributed by atoms with van der Waals surface area (Å²) in [6, 6.07) is 42.7. The summed E-state index contributed by atoms with van der Waals surface area (Å²) in [7, 11) is 0. The minimum atomic E-state index is -0.286. The molecule has 7 rings (SSSR count). The largest absolute Gasteiger partial charge is 0.0725 e. The van der Waals surface area contributed by atoms with Gasteiger partial charge in [0, 0.05) is 4.47 Å². The third-order valence-electron chi connectivity index (χ3n) is 7.96. The van der Waals surface area contributed by atoms with Crippen LogP contribution in [-0.4, -0.2) is 0 Å². The Labute approximate surface area is 221 Å². The van der Waals surface area contributed by atoms with Crippen LogP contribution in [0.4, 0.5) is 0 Å². The second-order valence-corrected chi connectivity index (χ2v) is 10.6. The van der Waals surface area contributed by atoms with Gasteiger partial charge in [0.15, 0.2) is 0 Å². The van der Waals surface area contributed by atoms with Crippen LogP contribution in [-0.2, 0) is 5.41 Å². The first-order chi connectivity index (χ1) is 17.7. The van der Waals surface area contributed by atoms with Crippen molar-refractivity contribution < 1.29 is 0 Å². The molecular formula is C35H25Br. The van der Waals surface area contributed by atoms with E-state index in [1.807, 2.05) is 0 Å². The zero-order valence-electron chi connectivity index (χ0n) is 20.1. The maximum atomic E-state index is 3.56. The molecule has 0 heterocycles. The van der Waals surface area contributed by atoms with E-state index in [-0.39, 0.29) is 5.41 Å². The molecule has 0 N–H and O–H groups in total. The van der Waals surface area contributed by atoms with Crippen molar-refractivity contribution in [1.29, 1.82) is 0 Å². The van der Waals surface area contributed by atoms with Gasteiger partial charge in [0.25, 0.3) is 0 Å². The molecule has 0 amide bonds. The Bertz CT molecular complexity index is 1610. The summed E-state index contributed by atoms with van der Waals surface area (Å²) in [6.07, 6.45) is 3.31. The van der Waals surface area contributed by atoms with Crippen molar-refractivity contribution in [3.8, 4) is 22.3 Å². The van der Waals surface area contributed by atoms with Gasteiger partial charge in [-0.15, -0.1) is 0 Å². The average molecular weight is 525 g/mol. The molecule has 1 spiro atoms. The molecule has 0 aromatic heterocycles. The van der Waals surface area contributed by atoms with Gasteiger partial charge in [0.1, 0.15) is 0 Å². The minimum Gasteiger partial charge on any atom is -0.0619 e. The van der Waals surface area contributed by atoms with Crippen molar-refractivity contribution >= 4 is 27.6 Å². The Balaban J connectivity index is 1.52. The average Bonchev–Trinajstić information content (AvgIpc) is 3.40. The monoisotopic (exact) mass is 524 g/mol. The summed E-state index contributed by atoms with van der Waals surface area (Å²) in [5.74, 6) is 0. The zero-order valence-corrected chi connectivity index (χ0v) is 21.7. The van der Waals surface area contributed by atoms with Gasteiger partial charge < -0.3 is 0 Å². The maximum absolute atomic E-state index is 3.56. The number of rotatable bonds is 3. The summed E-state index contributed by atoms with van der Waals surface area (Å²) >= 11 is 3.56. The molecule has 0 radical (unpaired) electrons. The summed E-state index contributed by atoms with van der Waals surface area (Å²) in [5.41, 5.74) is 14.6. The van der Waals surface area contributed by atoms with Crippen LogP contribution in [0.5, 0.6) is 0 Å². The Morgan fingerprint density at radius 2 is 1.11 bits per heavy atom. The summed E-state index contributed by atoms with van der Waals surface area (Å²) < 4.78 is 1.11. The van der Waals surface area contributed by atoms with Crippen molar-refractivity contribution in [2.45, 2.75) is 18.8 Å². The van der Waals surface area contributed by atoms with Crippen LogP contribution in [0.15, 0.2) is 120 Å². The molecule has 2 aliphatic carbocycles. The topological polar surface area (TPSA) is 0 Å². The highest BCUT2D eigenvalue weighted by atomic mass is 79.9. The van der Waals surface area contributed by atoms with E-state index < -0.39 is 0 Å². The highest BCUT2D eigenvalue weighted by Gasteiger charge is 2.51. The molecule has 172 valence electrons. The molecule has 0 bridgehead atoms. The summed E-state index contributed by atoms with van der Waals surface area (Å²) in [5, 5.41) is 0. The van der Waals surface area contributed by atoms with E-state index in [1.165, 1.54) is 61.2 Å². The minimum absolute atomic E-state index is 0.286. The Hall–Kier alpha value is -3.68. The maximum Gasteiger partial charge on any atom is 0.0725 e. The van der Waals surface area contributed by atoms with E-state index in [4.69, 9.17) is 0 Å². The highest BCUT2D eigenvalue weighted by molar-refractivity contribution is 9.10. The molecule has 2 aliphatic rings. The standard InChI is InChI=1S/C35H25Br/c1-2-24(21-23-15-18-26(36)19-16-23)25-17-20-30-29-11-5-8-14-33(29)35(34(30)22-25)31-12-6-3-9-27(31)28-10-4-7-13-32(28)35/h3-22H,2H2,1H3. The van der Waals surface area contributed by atoms with Crippen LogP contribution < -0.4 is 0 Å². The van der Waals surface area contributed by atoms with Gasteiger partial charge in [-0.05, 0) is 85.8 Å². The van der Waals surface area contributed by atoms with Crippen LogP contribution in [0.3, 0.4) is 0 Å². The molecule has 36 heavy (non-hydrogen) atoms. The van der Waals surface area contributed by atoms with Crippen molar-refractivity contribution in [3.05, 3.63) is 153 Å². The fourth-order valence-electron chi connectivity index (χ4n) is 6.44. The van der Waals surface area contributed by atoms with Crippen LogP contribution in [0.2, 0.25) is 0 Å². The van der Waals surface area contributed by atoms with Crippen LogP contribution in [0.25, 0.3) is 33.9 Å². The molecule has 0 unspecified atom stereocenters. The number of halogens is 1. The van der Waals surface area contributed by atoms with Gasteiger partial charge in [-0.3, -0.25) is 0 Å². The SMILES string of the molecule is CCC(=Cc1ccc(Br)cc1)c1ccc2c(c1)C1(c3ccccc3-c3ccccc31)c1ccccc1-2. The van der Waals surface area contributed by atoms with Crippen LogP contribution in [0.1, 0.15) is 46.7 Å². The molecule has 0 atom stereocenters. The van der Waals surface area contributed by atoms with Gasteiger partial charge in [-0.25, -0.2) is 0 Å². The van der Waals surface area contributed by atoms with Gasteiger partial charge >= 0.3 is 0 Å². The Morgan fingerprint density at radius 1 is 0.611 bits per heavy atom. The van der Waals surface area contributed by atoms with Crippen molar-refractivity contribution in [1.82, 2.24) is 0 Å². The lowest BCUT2D eigenvalue weighted by Crippen LogP contribution is -2.25. The molecule has 0 saturated carbocycles. The third-order valence-corrected chi connectivity index (χ3v) is 8.49. The van der Waals surface area contributed by atoms with Crippen molar-refractivity contribution in [3.63, 3.8) is 0 Å². The molecule has 0 fully saturated rings. The molecule has 0 aliphatic heterocycles. The van der Waals surface area contributed by atoms with Gasteiger partial charge in [0.2, 0.25) is 0 Å². The zero-order chi connectivity index (χ0) is 24.3. The predicted octanol–water partition coefficient (Wildman–Crippen LogP) is 9.74. The van der Waals surface area contributed by atoms with Gasteiger partial charge in [-0.2, -0.15) is 0 Å². The Kier molecular flexibility index (Phi) is 4.91. The molecule has 5 aromatic carbocycles. The molecule has 1 heteroatoms. The van der Waals surface area contributed by atoms with Gasteiger partial charge in [0.05, 0.1) is 5.41 Å². The third kappa shape index (κ3) is 2.93. The quantitative estimate of drug-likeness (QED) is 0.202. The smallest absolute Gasteiger partial charge is 0.0619 e. The number of hydrogen-bond acceptors (Lipinski definition) is 0. The molecule has 5 aromatic rings. The van der Waals surface area contributed by atoms with E-state index in [1.54, 1.807) is 0 Å². The van der Waals surface area contributed by atoms with Crippen molar-refractivity contribution in [2.24, 2.45) is 0 Å². The van der Waals surface area contributed by atoms with E-state index >= 15 is 0 Å². The van der Waals surface area contributed by atoms with E-state index in [9.17, 15) is 0 Å². The van der Waals surface area contributed by atoms with Gasteiger partial charge in [-0.1, -0.05) is 126 Å². The first-order valence-corrected chi connectivity index (χ1v) is 13.4. The number of benzene rings is 5. The number of fused-ring (bicyclic) bond motifs is 10. The number of hydrogen-bond donors (Lipinski definition) is 0. The lowest BCUT2D eigenvalue weighted by Gasteiger charge is -2.30. The van der Waals surface area contributed by atoms with Crippen LogP contribution in [0, 0.1) is 0 Å². The van der Waals surface area contributed by atoms with Crippen molar-refractivity contribution in [2.75, 3.05) is 0 Å². The summed E-state index contributed by atoms with van der Waals surface area (Å²) in [4.78, 5) is 0. The Morgan fingerprint density at radius 3 is 1.64 bits per heavy atom. The lowest BCUT2D eigenvalue weighted by molar-refractivity contribution is 0.793. The molecule has 0 nitrogen and oxygen atoms in total. The van der Waals surface area contributed by atoms with Crippen LogP contribution >= 0.6 is 15.9 Å². The highest BCUT2D eigenvalue weighted by Crippen LogP contribution is 2.62. The second-order valence-electron chi connectivity index (χ2n) is 9.72.